The summed E-state index contributed by atoms with van der Waals surface area (Å²) in [6.07, 6.45) is 0.0779. The largest absolute Gasteiger partial charge is 0.476 e. The van der Waals surface area contributed by atoms with Crippen molar-refractivity contribution in [2.24, 2.45) is 0 Å². The number of carboxylic acids is 1. The lowest BCUT2D eigenvalue weighted by Crippen LogP contribution is -2.27. The molecule has 0 spiro atoms. The van der Waals surface area contributed by atoms with E-state index in [0.717, 1.165) is 10.8 Å². The molecule has 4 rings (SSSR count). The van der Waals surface area contributed by atoms with E-state index in [1.807, 2.05) is 36.4 Å². The summed E-state index contributed by atoms with van der Waals surface area (Å²) in [5.74, 6) is -1.70. The molecule has 30 heavy (non-hydrogen) atoms. The number of anilines is 1. The Kier molecular flexibility index (Phi) is 5.13. The number of carboxylic acid groups (broad SMARTS) is 1. The Bertz CT molecular complexity index is 1280. The normalized spacial score (nSPS) is 10.8. The van der Waals surface area contributed by atoms with E-state index in [4.69, 9.17) is 5.11 Å². The fraction of sp³-hybridized carbons (Fsp3) is 0.0909. The molecule has 8 heteroatoms. The van der Waals surface area contributed by atoms with Gasteiger partial charge in [-0.05, 0) is 41.1 Å². The number of benzene rings is 3. The van der Waals surface area contributed by atoms with Gasteiger partial charge in [-0.25, -0.2) is 4.79 Å². The summed E-state index contributed by atoms with van der Waals surface area (Å²) in [6, 6.07) is 18.0. The van der Waals surface area contributed by atoms with Gasteiger partial charge in [-0.1, -0.05) is 30.3 Å². The van der Waals surface area contributed by atoms with Crippen molar-refractivity contribution in [1.29, 1.82) is 0 Å². The number of carbonyl (C=O) groups excluding carboxylic acids is 2. The lowest BCUT2D eigenvalue weighted by Gasteiger charge is -2.08. The van der Waals surface area contributed by atoms with Gasteiger partial charge in [0.1, 0.15) is 0 Å². The standard InChI is InChI=1S/C22H18N4O4/c27-19(24-16-7-8-18-17(12-16)20(22(29)30)26-25-18)9-10-23-21(28)15-6-5-13-3-1-2-4-14(13)11-15/h1-8,11-12H,9-10H2,(H,23,28)(H,24,27)(H,25,26)(H,29,30). The van der Waals surface area contributed by atoms with E-state index in [1.54, 1.807) is 24.3 Å². The van der Waals surface area contributed by atoms with Gasteiger partial charge < -0.3 is 15.7 Å². The number of aromatic nitrogens is 2. The molecule has 1 aromatic heterocycles. The molecule has 0 bridgehead atoms. The minimum absolute atomic E-state index is 0.0779. The molecule has 2 amide bonds. The molecule has 3 aromatic carbocycles. The molecule has 4 N–H and O–H groups in total. The van der Waals surface area contributed by atoms with E-state index < -0.39 is 5.97 Å². The van der Waals surface area contributed by atoms with Gasteiger partial charge in [-0.3, -0.25) is 14.7 Å². The van der Waals surface area contributed by atoms with E-state index in [9.17, 15) is 14.4 Å². The van der Waals surface area contributed by atoms with Crippen LogP contribution in [0.25, 0.3) is 21.7 Å². The van der Waals surface area contributed by atoms with E-state index >= 15 is 0 Å². The molecular formula is C22H18N4O4. The predicted octanol–water partition coefficient (Wildman–Crippen LogP) is 3.17. The van der Waals surface area contributed by atoms with Gasteiger partial charge in [-0.15, -0.1) is 0 Å². The molecule has 0 radical (unpaired) electrons. The number of carbonyl (C=O) groups is 3. The summed E-state index contributed by atoms with van der Waals surface area (Å²) >= 11 is 0. The quantitative estimate of drug-likeness (QED) is 0.394. The highest BCUT2D eigenvalue weighted by Gasteiger charge is 2.14. The van der Waals surface area contributed by atoms with Crippen molar-refractivity contribution in [3.63, 3.8) is 0 Å². The predicted molar refractivity (Wildman–Crippen MR) is 113 cm³/mol. The molecule has 4 aromatic rings. The van der Waals surface area contributed by atoms with Crippen molar-refractivity contribution in [2.75, 3.05) is 11.9 Å². The Labute approximate surface area is 170 Å². The second kappa shape index (κ2) is 8.04. The van der Waals surface area contributed by atoms with Gasteiger partial charge in [0.15, 0.2) is 5.69 Å². The summed E-state index contributed by atoms with van der Waals surface area (Å²) in [5, 5.41) is 23.4. The zero-order valence-corrected chi connectivity index (χ0v) is 15.8. The van der Waals surface area contributed by atoms with E-state index in [-0.39, 0.29) is 30.5 Å². The Morgan fingerprint density at radius 2 is 1.77 bits per heavy atom. The van der Waals surface area contributed by atoms with Crippen LogP contribution in [-0.2, 0) is 4.79 Å². The summed E-state index contributed by atoms with van der Waals surface area (Å²) in [6.45, 7) is 0.172. The van der Waals surface area contributed by atoms with Crippen LogP contribution in [0.3, 0.4) is 0 Å². The maximum atomic E-state index is 12.3. The van der Waals surface area contributed by atoms with Crippen molar-refractivity contribution in [3.05, 3.63) is 71.9 Å². The van der Waals surface area contributed by atoms with Crippen LogP contribution >= 0.6 is 0 Å². The average molecular weight is 402 g/mol. The van der Waals surface area contributed by atoms with Crippen LogP contribution < -0.4 is 10.6 Å². The van der Waals surface area contributed by atoms with Crippen LogP contribution in [0.2, 0.25) is 0 Å². The van der Waals surface area contributed by atoms with Crippen molar-refractivity contribution < 1.29 is 19.5 Å². The first-order valence-corrected chi connectivity index (χ1v) is 9.29. The number of nitrogens with zero attached hydrogens (tertiary/aromatic N) is 1. The van der Waals surface area contributed by atoms with Crippen LogP contribution in [0, 0.1) is 0 Å². The number of nitrogens with one attached hydrogen (secondary N) is 3. The molecule has 0 aliphatic rings. The lowest BCUT2D eigenvalue weighted by atomic mass is 10.1. The maximum Gasteiger partial charge on any atom is 0.357 e. The molecule has 0 saturated heterocycles. The Balaban J connectivity index is 1.34. The highest BCUT2D eigenvalue weighted by molar-refractivity contribution is 6.03. The van der Waals surface area contributed by atoms with E-state index in [2.05, 4.69) is 20.8 Å². The molecular weight excluding hydrogens is 384 g/mol. The third-order valence-corrected chi connectivity index (χ3v) is 4.70. The maximum absolute atomic E-state index is 12.3. The molecule has 0 atom stereocenters. The smallest absolute Gasteiger partial charge is 0.357 e. The van der Waals surface area contributed by atoms with Crippen LogP contribution in [0.1, 0.15) is 27.3 Å². The Morgan fingerprint density at radius 3 is 2.57 bits per heavy atom. The highest BCUT2D eigenvalue weighted by Crippen LogP contribution is 2.21. The number of aromatic carboxylic acids is 1. The number of amides is 2. The van der Waals surface area contributed by atoms with Gasteiger partial charge in [0.05, 0.1) is 5.52 Å². The number of aromatic amines is 1. The molecule has 0 saturated carbocycles. The monoisotopic (exact) mass is 402 g/mol. The first-order chi connectivity index (χ1) is 14.5. The minimum Gasteiger partial charge on any atom is -0.476 e. The third-order valence-electron chi connectivity index (χ3n) is 4.70. The SMILES string of the molecule is O=C(CCNC(=O)c1ccc2ccccc2c1)Nc1ccc2[nH]nc(C(=O)O)c2c1. The van der Waals surface area contributed by atoms with Crippen LogP contribution in [0.5, 0.6) is 0 Å². The Morgan fingerprint density at radius 1 is 0.967 bits per heavy atom. The summed E-state index contributed by atoms with van der Waals surface area (Å²) in [4.78, 5) is 35.7. The second-order valence-corrected chi connectivity index (χ2v) is 6.75. The van der Waals surface area contributed by atoms with Crippen molar-refractivity contribution in [1.82, 2.24) is 15.5 Å². The Hall–Kier alpha value is -4.20. The van der Waals surface area contributed by atoms with Crippen LogP contribution in [0.15, 0.2) is 60.7 Å². The summed E-state index contributed by atoms with van der Waals surface area (Å²) in [7, 11) is 0. The molecule has 1 heterocycles. The summed E-state index contributed by atoms with van der Waals surface area (Å²) < 4.78 is 0. The van der Waals surface area contributed by atoms with Crippen LogP contribution in [0.4, 0.5) is 5.69 Å². The topological polar surface area (TPSA) is 124 Å². The third kappa shape index (κ3) is 3.97. The number of hydrogen-bond acceptors (Lipinski definition) is 4. The van der Waals surface area contributed by atoms with Gasteiger partial charge in [0, 0.05) is 29.6 Å². The lowest BCUT2D eigenvalue weighted by molar-refractivity contribution is -0.116. The molecule has 0 aliphatic carbocycles. The fourth-order valence-electron chi connectivity index (χ4n) is 3.20. The van der Waals surface area contributed by atoms with Crippen molar-refractivity contribution in [3.8, 4) is 0 Å². The number of H-pyrrole nitrogens is 1. The van der Waals surface area contributed by atoms with E-state index in [0.29, 0.717) is 22.2 Å². The minimum atomic E-state index is -1.15. The fourth-order valence-corrected chi connectivity index (χ4v) is 3.20. The number of hydrogen-bond donors (Lipinski definition) is 4. The van der Waals surface area contributed by atoms with E-state index in [1.165, 1.54) is 0 Å². The molecule has 0 fully saturated rings. The van der Waals surface area contributed by atoms with Gasteiger partial charge >= 0.3 is 5.97 Å². The summed E-state index contributed by atoms with van der Waals surface area (Å²) in [5.41, 5.74) is 1.44. The first kappa shape index (κ1) is 19.1. The zero-order valence-electron chi connectivity index (χ0n) is 15.8. The second-order valence-electron chi connectivity index (χ2n) is 6.75. The number of fused-ring (bicyclic) bond motifs is 2. The molecule has 0 unspecified atom stereocenters. The van der Waals surface area contributed by atoms with Gasteiger partial charge in [0.25, 0.3) is 5.91 Å². The highest BCUT2D eigenvalue weighted by atomic mass is 16.4. The van der Waals surface area contributed by atoms with Crippen LogP contribution in [-0.4, -0.2) is 39.6 Å². The first-order valence-electron chi connectivity index (χ1n) is 9.29. The van der Waals surface area contributed by atoms with Crippen molar-refractivity contribution >= 4 is 45.1 Å². The molecule has 8 nitrogen and oxygen atoms in total. The van der Waals surface area contributed by atoms with Gasteiger partial charge in [-0.2, -0.15) is 5.10 Å². The zero-order chi connectivity index (χ0) is 21.1. The molecule has 0 aliphatic heterocycles. The molecule has 150 valence electrons. The van der Waals surface area contributed by atoms with Crippen molar-refractivity contribution in [2.45, 2.75) is 6.42 Å². The number of rotatable bonds is 6. The van der Waals surface area contributed by atoms with Gasteiger partial charge in [0.2, 0.25) is 5.91 Å². The average Bonchev–Trinajstić information content (AvgIpc) is 3.17.